The Balaban J connectivity index is 2.39. The van der Waals surface area contributed by atoms with Gasteiger partial charge in [0, 0.05) is 24.8 Å². The van der Waals surface area contributed by atoms with Crippen LogP contribution in [-0.2, 0) is 19.0 Å². The van der Waals surface area contributed by atoms with Crippen LogP contribution < -0.4 is 11.2 Å². The molecule has 0 amide bonds. The molecule has 1 aliphatic rings. The molecule has 9 nitrogen and oxygen atoms in total. The Hall–Kier alpha value is -1.97. The van der Waals surface area contributed by atoms with Crippen molar-refractivity contribution in [3.8, 4) is 0 Å². The fraction of sp³-hybridized carbons (Fsp3) is 0.643. The van der Waals surface area contributed by atoms with Gasteiger partial charge in [-0.05, 0) is 6.92 Å². The van der Waals surface area contributed by atoms with E-state index < -0.39 is 41.6 Å². The summed E-state index contributed by atoms with van der Waals surface area (Å²) in [4.78, 5) is 37.3. The number of carbonyl (C=O) groups excluding carboxylic acids is 1. The molecule has 0 aliphatic carbocycles. The molecule has 0 saturated carbocycles. The van der Waals surface area contributed by atoms with Gasteiger partial charge in [0.15, 0.2) is 6.23 Å². The molecule has 1 aromatic rings. The van der Waals surface area contributed by atoms with Crippen molar-refractivity contribution in [3.05, 3.63) is 32.6 Å². The Kier molecular flexibility index (Phi) is 5.34. The third-order valence-corrected chi connectivity index (χ3v) is 4.00. The first-order valence-corrected chi connectivity index (χ1v) is 7.11. The predicted molar refractivity (Wildman–Crippen MR) is 78.0 cm³/mol. The number of aryl methyl sites for hydroxylation is 1. The number of methoxy groups -OCH3 is 2. The van der Waals surface area contributed by atoms with Crippen LogP contribution in [0, 0.1) is 12.8 Å². The molecule has 1 aromatic heterocycles. The zero-order valence-electron chi connectivity index (χ0n) is 13.1. The van der Waals surface area contributed by atoms with E-state index in [0.717, 1.165) is 0 Å². The number of aliphatic hydroxyl groups excluding tert-OH is 1. The van der Waals surface area contributed by atoms with Crippen molar-refractivity contribution in [3.63, 3.8) is 0 Å². The maximum atomic E-state index is 12.0. The van der Waals surface area contributed by atoms with Gasteiger partial charge >= 0.3 is 11.7 Å². The average molecular weight is 328 g/mol. The third kappa shape index (κ3) is 3.36. The number of hydrogen-bond donors (Lipinski definition) is 2. The number of hydrogen-bond acceptors (Lipinski definition) is 7. The van der Waals surface area contributed by atoms with E-state index in [1.54, 1.807) is 6.92 Å². The van der Waals surface area contributed by atoms with E-state index in [4.69, 9.17) is 9.47 Å². The molecule has 0 aromatic carbocycles. The molecule has 9 heteroatoms. The summed E-state index contributed by atoms with van der Waals surface area (Å²) in [6.07, 6.45) is -0.868. The maximum absolute atomic E-state index is 12.0. The lowest BCUT2D eigenvalue weighted by Crippen LogP contribution is -2.38. The lowest BCUT2D eigenvalue weighted by Gasteiger charge is -2.22. The van der Waals surface area contributed by atoms with Gasteiger partial charge in [0.25, 0.3) is 5.56 Å². The van der Waals surface area contributed by atoms with Crippen molar-refractivity contribution < 1.29 is 24.1 Å². The molecule has 2 N–H and O–H groups in total. The van der Waals surface area contributed by atoms with Crippen LogP contribution >= 0.6 is 0 Å². The zero-order valence-corrected chi connectivity index (χ0v) is 13.1. The van der Waals surface area contributed by atoms with Gasteiger partial charge in [0.1, 0.15) is 6.10 Å². The molecular weight excluding hydrogens is 308 g/mol. The van der Waals surface area contributed by atoms with Crippen molar-refractivity contribution in [2.45, 2.75) is 31.8 Å². The Morgan fingerprint density at radius 2 is 2.13 bits per heavy atom. The van der Waals surface area contributed by atoms with Crippen molar-refractivity contribution in [1.29, 1.82) is 0 Å². The Bertz CT molecular complexity index is 680. The first-order chi connectivity index (χ1) is 10.9. The zero-order chi connectivity index (χ0) is 17.1. The summed E-state index contributed by atoms with van der Waals surface area (Å²) in [6, 6.07) is 0. The monoisotopic (exact) mass is 328 g/mol. The van der Waals surface area contributed by atoms with Crippen molar-refractivity contribution in [2.24, 2.45) is 5.92 Å². The summed E-state index contributed by atoms with van der Waals surface area (Å²) >= 11 is 0. The number of aliphatic hydroxyl groups is 1. The molecule has 1 fully saturated rings. The summed E-state index contributed by atoms with van der Waals surface area (Å²) in [7, 11) is 2.69. The van der Waals surface area contributed by atoms with E-state index in [1.165, 1.54) is 25.0 Å². The van der Waals surface area contributed by atoms with Gasteiger partial charge in [-0.1, -0.05) is 0 Å². The van der Waals surface area contributed by atoms with E-state index in [9.17, 15) is 19.5 Å². The van der Waals surface area contributed by atoms with Gasteiger partial charge in [-0.25, -0.2) is 4.79 Å². The molecule has 0 bridgehead atoms. The van der Waals surface area contributed by atoms with Crippen LogP contribution in [0.1, 0.15) is 18.2 Å². The highest BCUT2D eigenvalue weighted by atomic mass is 16.6. The maximum Gasteiger partial charge on any atom is 0.330 e. The lowest BCUT2D eigenvalue weighted by atomic mass is 9.94. The summed E-state index contributed by atoms with van der Waals surface area (Å²) in [5.41, 5.74) is -0.800. The van der Waals surface area contributed by atoms with E-state index >= 15 is 0 Å². The van der Waals surface area contributed by atoms with Crippen molar-refractivity contribution in [1.82, 2.24) is 9.55 Å². The second-order valence-electron chi connectivity index (χ2n) is 5.37. The molecule has 0 spiro atoms. The summed E-state index contributed by atoms with van der Waals surface area (Å²) in [5.74, 6) is -0.952. The minimum absolute atomic E-state index is 0.0200. The quantitative estimate of drug-likeness (QED) is 0.660. The molecule has 23 heavy (non-hydrogen) atoms. The first-order valence-electron chi connectivity index (χ1n) is 7.11. The van der Waals surface area contributed by atoms with Crippen molar-refractivity contribution in [2.75, 3.05) is 20.8 Å². The number of nitrogens with one attached hydrogen (secondary N) is 1. The van der Waals surface area contributed by atoms with Gasteiger partial charge in [0.05, 0.1) is 26.2 Å². The second-order valence-corrected chi connectivity index (χ2v) is 5.37. The summed E-state index contributed by atoms with van der Waals surface area (Å²) < 4.78 is 16.9. The highest BCUT2D eigenvalue weighted by Crippen LogP contribution is 2.37. The number of esters is 1. The van der Waals surface area contributed by atoms with Crippen LogP contribution in [0.25, 0.3) is 0 Å². The highest BCUT2D eigenvalue weighted by molar-refractivity contribution is 5.69. The normalized spacial score (nSPS) is 27.1. The van der Waals surface area contributed by atoms with Crippen LogP contribution in [0.2, 0.25) is 0 Å². The number of aromatic amines is 1. The summed E-state index contributed by atoms with van der Waals surface area (Å²) in [5, 5.41) is 9.49. The molecule has 128 valence electrons. The van der Waals surface area contributed by atoms with Crippen LogP contribution in [0.5, 0.6) is 0 Å². The number of ether oxygens (including phenoxy) is 3. The topological polar surface area (TPSA) is 120 Å². The van der Waals surface area contributed by atoms with Crippen LogP contribution in [-0.4, -0.2) is 53.7 Å². The number of rotatable bonds is 5. The Morgan fingerprint density at radius 1 is 1.43 bits per heavy atom. The van der Waals surface area contributed by atoms with Gasteiger partial charge < -0.3 is 19.3 Å². The average Bonchev–Trinajstić information content (AvgIpc) is 2.87. The van der Waals surface area contributed by atoms with Gasteiger partial charge in [0.2, 0.25) is 0 Å². The standard InChI is InChI=1S/C14H20N2O7/c1-7-5-16(14(20)15-12(7)19)13-11(22-3)8(4-10(18)21-2)9(6-17)23-13/h5,8-9,11,13,17H,4,6H2,1-3H3,(H,15,19,20)/t8-,9-,11-,13-/m1/s1. The van der Waals surface area contributed by atoms with E-state index in [-0.39, 0.29) is 13.0 Å². The molecule has 4 atom stereocenters. The minimum atomic E-state index is -0.866. The predicted octanol–water partition coefficient (Wildman–Crippen LogP) is -1.07. The van der Waals surface area contributed by atoms with Gasteiger partial charge in [-0.2, -0.15) is 0 Å². The second kappa shape index (κ2) is 7.07. The third-order valence-electron chi connectivity index (χ3n) is 4.00. The summed E-state index contributed by atoms with van der Waals surface area (Å²) in [6.45, 7) is 1.22. The Morgan fingerprint density at radius 3 is 2.70 bits per heavy atom. The molecule has 1 saturated heterocycles. The number of H-pyrrole nitrogens is 1. The van der Waals surface area contributed by atoms with Crippen LogP contribution in [0.15, 0.2) is 15.8 Å². The minimum Gasteiger partial charge on any atom is -0.469 e. The molecule has 1 aliphatic heterocycles. The van der Waals surface area contributed by atoms with E-state index in [0.29, 0.717) is 5.56 Å². The van der Waals surface area contributed by atoms with Gasteiger partial charge in [-0.15, -0.1) is 0 Å². The van der Waals surface area contributed by atoms with E-state index in [2.05, 4.69) is 9.72 Å². The Labute approximate surface area is 131 Å². The number of carbonyl (C=O) groups is 1. The fourth-order valence-electron chi connectivity index (χ4n) is 2.77. The molecule has 2 heterocycles. The molecule has 2 rings (SSSR count). The van der Waals surface area contributed by atoms with Crippen LogP contribution in [0.4, 0.5) is 0 Å². The highest BCUT2D eigenvalue weighted by Gasteiger charge is 2.46. The SMILES string of the molecule is COC(=O)C[C@H]1[C@@H](OC)[C@H](n2cc(C)c(=O)[nH]c2=O)O[C@@H]1CO. The smallest absolute Gasteiger partial charge is 0.330 e. The molecular formula is C14H20N2O7. The van der Waals surface area contributed by atoms with Crippen molar-refractivity contribution >= 4 is 5.97 Å². The van der Waals surface area contributed by atoms with Gasteiger partial charge in [-0.3, -0.25) is 19.1 Å². The van der Waals surface area contributed by atoms with Crippen LogP contribution in [0.3, 0.4) is 0 Å². The number of nitrogens with zero attached hydrogens (tertiary/aromatic N) is 1. The molecule has 0 unspecified atom stereocenters. The van der Waals surface area contributed by atoms with E-state index in [1.807, 2.05) is 0 Å². The largest absolute Gasteiger partial charge is 0.469 e. The molecule has 0 radical (unpaired) electrons. The number of aromatic nitrogens is 2. The lowest BCUT2D eigenvalue weighted by molar-refractivity contribution is -0.143. The fourth-order valence-corrected chi connectivity index (χ4v) is 2.77. The first kappa shape index (κ1) is 17.4.